The van der Waals surface area contributed by atoms with E-state index in [1.165, 1.54) is 4.88 Å². The van der Waals surface area contributed by atoms with Crippen LogP contribution in [0.1, 0.15) is 10.6 Å². The smallest absolute Gasteiger partial charge is 0.187 e. The zero-order valence-electron chi connectivity index (χ0n) is 8.90. The number of hydrogen-bond donors (Lipinski definition) is 1. The normalized spacial score (nSPS) is 10.4. The van der Waals surface area contributed by atoms with Gasteiger partial charge in [-0.2, -0.15) is 0 Å². The fraction of sp³-hybridized carbons (Fsp3) is 0.273. The fourth-order valence-electron chi connectivity index (χ4n) is 1.36. The minimum Gasteiger partial charge on any atom is -0.331 e. The van der Waals surface area contributed by atoms with E-state index in [9.17, 15) is 0 Å². The number of nitrogens with one attached hydrogen (secondary N) is 1. The van der Waals surface area contributed by atoms with Crippen LogP contribution in [-0.4, -0.2) is 15.8 Å². The topological polar surface area (TPSA) is 37.8 Å². The summed E-state index contributed by atoms with van der Waals surface area (Å²) in [6.45, 7) is 2.01. The number of hydrogen-bond acceptors (Lipinski definition) is 4. The van der Waals surface area contributed by atoms with Crippen LogP contribution in [0.3, 0.4) is 0 Å². The molecule has 0 atom stereocenters. The Morgan fingerprint density at radius 3 is 2.81 bits per heavy atom. The van der Waals surface area contributed by atoms with E-state index < -0.39 is 0 Å². The molecule has 0 aliphatic heterocycles. The van der Waals surface area contributed by atoms with Crippen molar-refractivity contribution in [1.82, 2.24) is 9.97 Å². The first kappa shape index (κ1) is 11.4. The minimum atomic E-state index is 0.637. The van der Waals surface area contributed by atoms with Crippen molar-refractivity contribution in [3.63, 3.8) is 0 Å². The third kappa shape index (κ3) is 2.71. The van der Waals surface area contributed by atoms with Crippen LogP contribution in [0.4, 0.5) is 10.8 Å². The molecule has 0 aliphatic carbocycles. The Morgan fingerprint density at radius 1 is 1.38 bits per heavy atom. The fourth-order valence-corrected chi connectivity index (χ4v) is 2.64. The van der Waals surface area contributed by atoms with Gasteiger partial charge in [0, 0.05) is 28.8 Å². The van der Waals surface area contributed by atoms with Crippen LogP contribution in [0.15, 0.2) is 24.5 Å². The maximum atomic E-state index is 5.73. The SMILES string of the molecule is Cc1nc(Nc2ccncc2)sc1CCCl. The van der Waals surface area contributed by atoms with Crippen LogP contribution in [0.2, 0.25) is 0 Å². The summed E-state index contributed by atoms with van der Waals surface area (Å²) in [5.41, 5.74) is 2.06. The van der Waals surface area contributed by atoms with Gasteiger partial charge in [-0.15, -0.1) is 22.9 Å². The molecule has 0 aromatic carbocycles. The number of alkyl halides is 1. The molecule has 5 heteroatoms. The van der Waals surface area contributed by atoms with Gasteiger partial charge in [0.25, 0.3) is 0 Å². The predicted molar refractivity (Wildman–Crippen MR) is 68.8 cm³/mol. The molecule has 0 spiro atoms. The Morgan fingerprint density at radius 2 is 2.12 bits per heavy atom. The van der Waals surface area contributed by atoms with Gasteiger partial charge in [0.05, 0.1) is 5.69 Å². The molecule has 0 fully saturated rings. The van der Waals surface area contributed by atoms with Gasteiger partial charge in [0.15, 0.2) is 5.13 Å². The van der Waals surface area contributed by atoms with Crippen LogP contribution < -0.4 is 5.32 Å². The quantitative estimate of drug-likeness (QED) is 0.849. The maximum absolute atomic E-state index is 5.73. The Balaban J connectivity index is 2.13. The molecular weight excluding hydrogens is 242 g/mol. The van der Waals surface area contributed by atoms with Gasteiger partial charge in [-0.05, 0) is 25.5 Å². The highest BCUT2D eigenvalue weighted by atomic mass is 35.5. The van der Waals surface area contributed by atoms with Crippen LogP contribution in [0.5, 0.6) is 0 Å². The van der Waals surface area contributed by atoms with Gasteiger partial charge in [-0.25, -0.2) is 4.98 Å². The summed E-state index contributed by atoms with van der Waals surface area (Å²) in [5.74, 6) is 0.637. The summed E-state index contributed by atoms with van der Waals surface area (Å²) >= 11 is 7.38. The third-order valence-corrected chi connectivity index (χ3v) is 3.47. The average molecular weight is 254 g/mol. The molecule has 0 aliphatic rings. The Bertz CT molecular complexity index is 456. The van der Waals surface area contributed by atoms with Crippen molar-refractivity contribution in [2.75, 3.05) is 11.2 Å². The van der Waals surface area contributed by atoms with Crippen molar-refractivity contribution in [2.45, 2.75) is 13.3 Å². The van der Waals surface area contributed by atoms with Gasteiger partial charge in [0.2, 0.25) is 0 Å². The molecule has 16 heavy (non-hydrogen) atoms. The molecule has 0 saturated carbocycles. The summed E-state index contributed by atoms with van der Waals surface area (Å²) in [7, 11) is 0. The van der Waals surface area contributed by atoms with E-state index in [4.69, 9.17) is 11.6 Å². The molecule has 2 aromatic heterocycles. The Kier molecular flexibility index (Phi) is 3.74. The largest absolute Gasteiger partial charge is 0.331 e. The number of aromatic nitrogens is 2. The lowest BCUT2D eigenvalue weighted by atomic mass is 10.3. The lowest BCUT2D eigenvalue weighted by molar-refractivity contribution is 1.12. The molecule has 1 N–H and O–H groups in total. The molecule has 84 valence electrons. The highest BCUT2D eigenvalue weighted by Gasteiger charge is 2.06. The van der Waals surface area contributed by atoms with Crippen LogP contribution >= 0.6 is 22.9 Å². The molecule has 3 nitrogen and oxygen atoms in total. The van der Waals surface area contributed by atoms with Crippen molar-refractivity contribution >= 4 is 33.8 Å². The molecule has 2 heterocycles. The second-order valence-corrected chi connectivity index (χ2v) is 4.79. The van der Waals surface area contributed by atoms with Crippen molar-refractivity contribution in [2.24, 2.45) is 0 Å². The number of pyridine rings is 1. The van der Waals surface area contributed by atoms with Gasteiger partial charge < -0.3 is 5.32 Å². The number of aryl methyl sites for hydroxylation is 2. The van der Waals surface area contributed by atoms with Crippen LogP contribution in [0.25, 0.3) is 0 Å². The second-order valence-electron chi connectivity index (χ2n) is 3.33. The molecular formula is C11H12ClN3S. The number of nitrogens with zero attached hydrogens (tertiary/aromatic N) is 2. The first-order valence-corrected chi connectivity index (χ1v) is 6.34. The monoisotopic (exact) mass is 253 g/mol. The zero-order chi connectivity index (χ0) is 11.4. The van der Waals surface area contributed by atoms with Crippen molar-refractivity contribution in [3.05, 3.63) is 35.1 Å². The van der Waals surface area contributed by atoms with Gasteiger partial charge >= 0.3 is 0 Å². The molecule has 2 aromatic rings. The van der Waals surface area contributed by atoms with Gasteiger partial charge in [-0.3, -0.25) is 4.98 Å². The second kappa shape index (κ2) is 5.27. The zero-order valence-corrected chi connectivity index (χ0v) is 10.5. The summed E-state index contributed by atoms with van der Waals surface area (Å²) in [5, 5.41) is 4.15. The highest BCUT2D eigenvalue weighted by Crippen LogP contribution is 2.25. The summed E-state index contributed by atoms with van der Waals surface area (Å²) in [6.07, 6.45) is 4.38. The molecule has 0 amide bonds. The molecule has 0 bridgehead atoms. The molecule has 2 rings (SSSR count). The van der Waals surface area contributed by atoms with Gasteiger partial charge in [0.1, 0.15) is 0 Å². The molecule has 0 unspecified atom stereocenters. The van der Waals surface area contributed by atoms with E-state index >= 15 is 0 Å². The van der Waals surface area contributed by atoms with E-state index in [2.05, 4.69) is 15.3 Å². The summed E-state index contributed by atoms with van der Waals surface area (Å²) in [4.78, 5) is 9.66. The summed E-state index contributed by atoms with van der Waals surface area (Å²) in [6, 6.07) is 3.83. The van der Waals surface area contributed by atoms with Gasteiger partial charge in [-0.1, -0.05) is 0 Å². The Labute approximate surface area is 104 Å². The average Bonchev–Trinajstić information content (AvgIpc) is 2.61. The van der Waals surface area contributed by atoms with E-state index in [-0.39, 0.29) is 0 Å². The Hall–Kier alpha value is -1.13. The van der Waals surface area contributed by atoms with E-state index in [0.717, 1.165) is 22.9 Å². The van der Waals surface area contributed by atoms with Crippen LogP contribution in [-0.2, 0) is 6.42 Å². The highest BCUT2D eigenvalue weighted by molar-refractivity contribution is 7.15. The molecule has 0 radical (unpaired) electrons. The first-order chi connectivity index (χ1) is 7.79. The number of thiazole rings is 1. The maximum Gasteiger partial charge on any atom is 0.187 e. The van der Waals surface area contributed by atoms with Crippen molar-refractivity contribution in [3.8, 4) is 0 Å². The number of anilines is 2. The van der Waals surface area contributed by atoms with Crippen LogP contribution in [0, 0.1) is 6.92 Å². The van der Waals surface area contributed by atoms with Crippen molar-refractivity contribution < 1.29 is 0 Å². The van der Waals surface area contributed by atoms with E-state index in [1.807, 2.05) is 19.1 Å². The van der Waals surface area contributed by atoms with E-state index in [1.54, 1.807) is 23.7 Å². The lowest BCUT2D eigenvalue weighted by Crippen LogP contribution is -1.89. The lowest BCUT2D eigenvalue weighted by Gasteiger charge is -1.99. The van der Waals surface area contributed by atoms with Crippen molar-refractivity contribution in [1.29, 1.82) is 0 Å². The number of halogens is 1. The minimum absolute atomic E-state index is 0.637. The molecule has 0 saturated heterocycles. The first-order valence-electron chi connectivity index (χ1n) is 4.99. The third-order valence-electron chi connectivity index (χ3n) is 2.15. The predicted octanol–water partition coefficient (Wildman–Crippen LogP) is 3.37. The van der Waals surface area contributed by atoms with E-state index in [0.29, 0.717) is 5.88 Å². The number of rotatable bonds is 4. The summed E-state index contributed by atoms with van der Waals surface area (Å²) < 4.78 is 0. The standard InChI is InChI=1S/C11H12ClN3S/c1-8-10(2-5-12)16-11(14-8)15-9-3-6-13-7-4-9/h3-4,6-7H,2,5H2,1H3,(H,13,14,15).